The molecule has 0 aromatic rings. The van der Waals surface area contributed by atoms with Gasteiger partial charge in [0.25, 0.3) is 0 Å². The quantitative estimate of drug-likeness (QED) is 0.307. The van der Waals surface area contributed by atoms with Crippen LogP contribution in [-0.4, -0.2) is 16.1 Å². The third-order valence-electron chi connectivity index (χ3n) is 0.638. The normalized spacial score (nSPS) is 13.6. The Kier molecular flexibility index (Phi) is 2.95. The molecule has 0 spiro atoms. The van der Waals surface area contributed by atoms with Crippen molar-refractivity contribution in [2.75, 3.05) is 0 Å². The lowest BCUT2D eigenvalue weighted by Gasteiger charge is -2.08. The molecule has 0 radical (unpaired) electrons. The Morgan fingerprint density at radius 1 is 2.00 bits per heavy atom. The van der Waals surface area contributed by atoms with Gasteiger partial charge in [-0.1, -0.05) is 5.92 Å². The molecule has 0 aromatic heterocycles. The van der Waals surface area contributed by atoms with Crippen LogP contribution in [-0.2, 0) is 0 Å². The van der Waals surface area contributed by atoms with Gasteiger partial charge in [-0.05, 0) is 16.3 Å². The van der Waals surface area contributed by atoms with Crippen LogP contribution in [0.1, 0.15) is 6.92 Å². The Hall–Kier alpha value is -0.0900. The molecule has 0 aliphatic carbocycles. The second-order valence-electron chi connectivity index (χ2n) is 1.22. The van der Waals surface area contributed by atoms with Gasteiger partial charge in [0.15, 0.2) is 0 Å². The van der Waals surface area contributed by atoms with Gasteiger partial charge in [0.2, 0.25) is 0 Å². The maximum atomic E-state index is 8.47. The van der Waals surface area contributed by atoms with Crippen molar-refractivity contribution in [1.82, 2.24) is 4.83 Å². The summed E-state index contributed by atoms with van der Waals surface area (Å²) < 4.78 is 0. The van der Waals surface area contributed by atoms with Gasteiger partial charge < -0.3 is 5.21 Å². The molecular formula is C4H8NOP. The van der Waals surface area contributed by atoms with E-state index >= 15 is 0 Å². The molecule has 0 saturated heterocycles. The van der Waals surface area contributed by atoms with Gasteiger partial charge >= 0.3 is 0 Å². The molecule has 1 unspecified atom stereocenters. The van der Waals surface area contributed by atoms with Crippen LogP contribution in [0.3, 0.4) is 0 Å². The van der Waals surface area contributed by atoms with Crippen molar-refractivity contribution in [2.24, 2.45) is 0 Å². The van der Waals surface area contributed by atoms with Gasteiger partial charge in [-0.15, -0.1) is 6.42 Å². The van der Waals surface area contributed by atoms with Crippen molar-refractivity contribution in [3.8, 4) is 12.3 Å². The number of nitrogens with zero attached hydrogens (tertiary/aromatic N) is 1. The SMILES string of the molecule is C#C[C@H](C)N(O)P. The largest absolute Gasteiger partial charge is 0.310 e. The third kappa shape index (κ3) is 2.59. The minimum absolute atomic E-state index is 0.218. The monoisotopic (exact) mass is 117 g/mol. The first-order valence-corrected chi connectivity index (χ1v) is 2.39. The minimum atomic E-state index is -0.218. The summed E-state index contributed by atoms with van der Waals surface area (Å²) in [6.07, 6.45) is 4.91. The van der Waals surface area contributed by atoms with Gasteiger partial charge in [-0.2, -0.15) is 4.83 Å². The van der Waals surface area contributed by atoms with E-state index in [-0.39, 0.29) is 6.04 Å². The maximum Gasteiger partial charge on any atom is 0.0960 e. The highest BCUT2D eigenvalue weighted by molar-refractivity contribution is 7.13. The van der Waals surface area contributed by atoms with E-state index < -0.39 is 0 Å². The van der Waals surface area contributed by atoms with Gasteiger partial charge in [0.1, 0.15) is 0 Å². The van der Waals surface area contributed by atoms with Crippen molar-refractivity contribution in [3.63, 3.8) is 0 Å². The number of hydrogen-bond donors (Lipinski definition) is 1. The smallest absolute Gasteiger partial charge is 0.0960 e. The van der Waals surface area contributed by atoms with Crippen LogP contribution in [0.15, 0.2) is 0 Å². The van der Waals surface area contributed by atoms with Gasteiger partial charge in [-0.25, -0.2) is 0 Å². The molecule has 0 aliphatic heterocycles. The summed E-state index contributed by atoms with van der Waals surface area (Å²) in [4.78, 5) is 0.903. The topological polar surface area (TPSA) is 23.5 Å². The fraction of sp³-hybridized carbons (Fsp3) is 0.500. The average molecular weight is 117 g/mol. The van der Waals surface area contributed by atoms with Gasteiger partial charge in [0, 0.05) is 0 Å². The van der Waals surface area contributed by atoms with Gasteiger partial charge in [0.05, 0.1) is 6.04 Å². The molecule has 3 heteroatoms. The zero-order chi connectivity index (χ0) is 5.86. The minimum Gasteiger partial charge on any atom is -0.310 e. The molecule has 0 rings (SSSR count). The van der Waals surface area contributed by atoms with Crippen LogP contribution < -0.4 is 0 Å². The number of hydroxylamine groups is 1. The summed E-state index contributed by atoms with van der Waals surface area (Å²) in [6, 6.07) is -0.218. The second-order valence-corrected chi connectivity index (χ2v) is 1.75. The van der Waals surface area contributed by atoms with Crippen molar-refractivity contribution in [2.45, 2.75) is 13.0 Å². The Labute approximate surface area is 45.7 Å². The Morgan fingerprint density at radius 3 is 2.43 bits per heavy atom. The van der Waals surface area contributed by atoms with Crippen LogP contribution >= 0.6 is 9.39 Å². The number of hydrogen-bond acceptors (Lipinski definition) is 2. The first-order valence-electron chi connectivity index (χ1n) is 1.87. The predicted octanol–water partition coefficient (Wildman–Crippen LogP) is 0.489. The molecule has 0 heterocycles. The standard InChI is InChI=1S/C4H8NOP/c1-3-4(2)5(6)7/h1,4,6H,7H2,2H3/t4-/m0/s1. The van der Waals surface area contributed by atoms with Crippen LogP contribution in [0.5, 0.6) is 0 Å². The molecule has 0 saturated carbocycles. The van der Waals surface area contributed by atoms with E-state index in [4.69, 9.17) is 11.6 Å². The summed E-state index contributed by atoms with van der Waals surface area (Å²) in [5.74, 6) is 2.32. The second kappa shape index (κ2) is 2.98. The zero-order valence-corrected chi connectivity index (χ0v) is 5.28. The third-order valence-corrected chi connectivity index (χ3v) is 1.09. The van der Waals surface area contributed by atoms with E-state index in [2.05, 4.69) is 15.3 Å². The highest BCUT2D eigenvalue weighted by atomic mass is 31.0. The molecule has 0 bridgehead atoms. The molecule has 0 aliphatic rings. The zero-order valence-electron chi connectivity index (χ0n) is 4.13. The fourth-order valence-corrected chi connectivity index (χ4v) is 0.162. The fourth-order valence-electron chi connectivity index (χ4n) is 0.0764. The molecule has 7 heavy (non-hydrogen) atoms. The molecule has 1 N–H and O–H groups in total. The summed E-state index contributed by atoms with van der Waals surface area (Å²) in [5.41, 5.74) is 0. The van der Waals surface area contributed by atoms with E-state index in [9.17, 15) is 0 Å². The van der Waals surface area contributed by atoms with Crippen molar-refractivity contribution in [1.29, 1.82) is 0 Å². The lowest BCUT2D eigenvalue weighted by Crippen LogP contribution is -2.16. The van der Waals surface area contributed by atoms with Crippen LogP contribution in [0.25, 0.3) is 0 Å². The number of terminal acetylenes is 1. The van der Waals surface area contributed by atoms with Crippen LogP contribution in [0.2, 0.25) is 0 Å². The highest BCUT2D eigenvalue weighted by Gasteiger charge is 1.97. The van der Waals surface area contributed by atoms with Crippen LogP contribution in [0.4, 0.5) is 0 Å². The summed E-state index contributed by atoms with van der Waals surface area (Å²) >= 11 is 0. The lowest BCUT2D eigenvalue weighted by atomic mass is 10.4. The molecule has 0 aromatic carbocycles. The van der Waals surface area contributed by atoms with Crippen molar-refractivity contribution < 1.29 is 5.21 Å². The first-order chi connectivity index (χ1) is 3.18. The van der Waals surface area contributed by atoms with E-state index in [0.29, 0.717) is 0 Å². The van der Waals surface area contributed by atoms with Crippen LogP contribution in [0, 0.1) is 12.3 Å². The maximum absolute atomic E-state index is 8.47. The van der Waals surface area contributed by atoms with Gasteiger partial charge in [-0.3, -0.25) is 0 Å². The molecule has 2 nitrogen and oxygen atoms in total. The Bertz CT molecular complexity index is 86.2. The summed E-state index contributed by atoms with van der Waals surface area (Å²) in [5, 5.41) is 8.47. The molecule has 2 atom stereocenters. The molecule has 40 valence electrons. The van der Waals surface area contributed by atoms with E-state index in [0.717, 1.165) is 4.83 Å². The molecule has 0 fully saturated rings. The Morgan fingerprint density at radius 2 is 2.43 bits per heavy atom. The predicted molar refractivity (Wildman–Crippen MR) is 31.6 cm³/mol. The van der Waals surface area contributed by atoms with E-state index in [1.165, 1.54) is 0 Å². The molecule has 0 amide bonds. The number of rotatable bonds is 1. The summed E-state index contributed by atoms with van der Waals surface area (Å²) in [7, 11) is 2.06. The van der Waals surface area contributed by atoms with Crippen molar-refractivity contribution in [3.05, 3.63) is 0 Å². The summed E-state index contributed by atoms with van der Waals surface area (Å²) in [6.45, 7) is 1.72. The van der Waals surface area contributed by atoms with E-state index in [1.807, 2.05) is 0 Å². The average Bonchev–Trinajstić information content (AvgIpc) is 1.65. The molecular weight excluding hydrogens is 109 g/mol. The highest BCUT2D eigenvalue weighted by Crippen LogP contribution is 1.97. The first kappa shape index (κ1) is 6.91. The lowest BCUT2D eigenvalue weighted by molar-refractivity contribution is -0.000481. The Balaban J connectivity index is 3.40. The van der Waals surface area contributed by atoms with Crippen molar-refractivity contribution >= 4 is 9.39 Å². The van der Waals surface area contributed by atoms with E-state index in [1.54, 1.807) is 6.92 Å².